The van der Waals surface area contributed by atoms with Crippen molar-refractivity contribution in [3.8, 4) is 0 Å². The zero-order valence-electron chi connectivity index (χ0n) is 18.2. The lowest BCUT2D eigenvalue weighted by Crippen LogP contribution is -2.63. The zero-order valence-corrected chi connectivity index (χ0v) is 18.2. The van der Waals surface area contributed by atoms with E-state index >= 15 is 0 Å². The largest absolute Gasteiger partial charge is 0.465 e. The fourth-order valence-corrected chi connectivity index (χ4v) is 7.94. The second-order valence-corrected chi connectivity index (χ2v) is 11.0. The molecule has 4 aliphatic carbocycles. The van der Waals surface area contributed by atoms with E-state index in [4.69, 9.17) is 9.47 Å². The Labute approximate surface area is 169 Å². The summed E-state index contributed by atoms with van der Waals surface area (Å²) in [6, 6.07) is 0. The van der Waals surface area contributed by atoms with Crippen molar-refractivity contribution in [3.05, 3.63) is 12.2 Å². The fraction of sp³-hybridized carbons (Fsp3) is 0.833. The summed E-state index contributed by atoms with van der Waals surface area (Å²) in [4.78, 5) is 23.6. The third-order valence-corrected chi connectivity index (χ3v) is 9.02. The van der Waals surface area contributed by atoms with Gasteiger partial charge in [0.05, 0.1) is 6.61 Å². The molecule has 0 aromatic rings. The van der Waals surface area contributed by atoms with Gasteiger partial charge >= 0.3 is 11.9 Å². The van der Waals surface area contributed by atoms with E-state index in [-0.39, 0.29) is 39.7 Å². The Hall–Kier alpha value is -1.32. The van der Waals surface area contributed by atoms with Crippen LogP contribution in [0.3, 0.4) is 0 Å². The fourth-order valence-electron chi connectivity index (χ4n) is 7.94. The third-order valence-electron chi connectivity index (χ3n) is 9.02. The second-order valence-electron chi connectivity index (χ2n) is 11.0. The van der Waals surface area contributed by atoms with E-state index in [0.717, 1.165) is 19.3 Å². The number of ether oxygens (including phenoxy) is 2. The number of carbonyl (C=O) groups is 2. The first-order valence-corrected chi connectivity index (χ1v) is 11.0. The van der Waals surface area contributed by atoms with Gasteiger partial charge in [0.15, 0.2) is 0 Å². The van der Waals surface area contributed by atoms with Gasteiger partial charge in [0, 0.05) is 24.7 Å². The smallest absolute Gasteiger partial charge is 0.302 e. The summed E-state index contributed by atoms with van der Waals surface area (Å²) in [5, 5.41) is 0. The number of esters is 2. The maximum absolute atomic E-state index is 12.0. The van der Waals surface area contributed by atoms with Gasteiger partial charge in [-0.25, -0.2) is 0 Å². The van der Waals surface area contributed by atoms with Gasteiger partial charge in [-0.15, -0.1) is 0 Å². The van der Waals surface area contributed by atoms with Crippen LogP contribution < -0.4 is 0 Å². The maximum atomic E-state index is 12.0. The van der Waals surface area contributed by atoms with Crippen LogP contribution in [0.1, 0.15) is 79.6 Å². The molecule has 4 aliphatic rings. The van der Waals surface area contributed by atoms with Gasteiger partial charge in [-0.3, -0.25) is 9.59 Å². The predicted octanol–water partition coefficient (Wildman–Crippen LogP) is 5.06. The minimum Gasteiger partial charge on any atom is -0.465 e. The summed E-state index contributed by atoms with van der Waals surface area (Å²) >= 11 is 0. The number of allylic oxidation sites excluding steroid dienone is 1. The molecule has 7 unspecified atom stereocenters. The molecular weight excluding hydrogens is 352 g/mol. The molecule has 0 N–H and O–H groups in total. The van der Waals surface area contributed by atoms with Crippen LogP contribution in [0.4, 0.5) is 0 Å². The molecule has 3 fully saturated rings. The van der Waals surface area contributed by atoms with Crippen molar-refractivity contribution < 1.29 is 19.1 Å². The molecule has 0 radical (unpaired) electrons. The van der Waals surface area contributed by atoms with Gasteiger partial charge in [-0.2, -0.15) is 0 Å². The van der Waals surface area contributed by atoms with Crippen molar-refractivity contribution in [1.29, 1.82) is 0 Å². The molecule has 3 saturated carbocycles. The van der Waals surface area contributed by atoms with Crippen LogP contribution in [0.2, 0.25) is 0 Å². The normalized spacial score (nSPS) is 49.1. The average molecular weight is 389 g/mol. The Morgan fingerprint density at radius 2 is 1.75 bits per heavy atom. The molecule has 2 bridgehead atoms. The minimum atomic E-state index is -0.204. The molecule has 0 aromatic heterocycles. The monoisotopic (exact) mass is 388 g/mol. The minimum absolute atomic E-state index is 0.0242. The molecule has 28 heavy (non-hydrogen) atoms. The van der Waals surface area contributed by atoms with E-state index in [9.17, 15) is 9.59 Å². The van der Waals surface area contributed by atoms with Gasteiger partial charge in [-0.05, 0) is 61.2 Å². The molecule has 7 atom stereocenters. The van der Waals surface area contributed by atoms with E-state index in [0.29, 0.717) is 18.4 Å². The summed E-state index contributed by atoms with van der Waals surface area (Å²) in [6.45, 7) is 10.6. The number of hydrogen-bond acceptors (Lipinski definition) is 4. The average Bonchev–Trinajstić information content (AvgIpc) is 2.85. The van der Waals surface area contributed by atoms with Gasteiger partial charge in [0.2, 0.25) is 0 Å². The Kier molecular flexibility index (Phi) is 4.52. The molecular formula is C24H36O4. The summed E-state index contributed by atoms with van der Waals surface area (Å²) in [7, 11) is 0. The summed E-state index contributed by atoms with van der Waals surface area (Å²) in [5.74, 6) is 0.537. The molecule has 0 saturated heterocycles. The predicted molar refractivity (Wildman–Crippen MR) is 107 cm³/mol. The number of hydrogen-bond donors (Lipinski definition) is 0. The molecule has 4 nitrogen and oxygen atoms in total. The van der Waals surface area contributed by atoms with Crippen LogP contribution in [-0.4, -0.2) is 24.6 Å². The zero-order chi connectivity index (χ0) is 20.4. The highest BCUT2D eigenvalue weighted by molar-refractivity contribution is 5.66. The van der Waals surface area contributed by atoms with Gasteiger partial charge < -0.3 is 9.47 Å². The third kappa shape index (κ3) is 2.85. The van der Waals surface area contributed by atoms with Crippen LogP contribution in [-0.2, 0) is 19.1 Å². The van der Waals surface area contributed by atoms with Crippen LogP contribution in [0.15, 0.2) is 12.2 Å². The highest BCUT2D eigenvalue weighted by Gasteiger charge is 2.67. The van der Waals surface area contributed by atoms with Crippen molar-refractivity contribution >= 4 is 11.9 Å². The number of rotatable bonds is 3. The van der Waals surface area contributed by atoms with Crippen molar-refractivity contribution in [2.75, 3.05) is 6.61 Å². The van der Waals surface area contributed by atoms with Gasteiger partial charge in [0.1, 0.15) is 6.10 Å². The van der Waals surface area contributed by atoms with Crippen LogP contribution in [0, 0.1) is 33.5 Å². The van der Waals surface area contributed by atoms with Crippen molar-refractivity contribution in [2.24, 2.45) is 33.5 Å². The quantitative estimate of drug-likeness (QED) is 0.501. The Morgan fingerprint density at radius 1 is 1.00 bits per heavy atom. The SMILES string of the molecule is CC(=O)OCC1(C)CCCC2(C)C1CC(OC(C)=O)C13C=CC(C)(CCC21)C3. The maximum Gasteiger partial charge on any atom is 0.302 e. The van der Waals surface area contributed by atoms with Crippen LogP contribution >= 0.6 is 0 Å². The van der Waals surface area contributed by atoms with Crippen molar-refractivity contribution in [1.82, 2.24) is 0 Å². The number of fused-ring (bicyclic) bond motifs is 3. The van der Waals surface area contributed by atoms with Gasteiger partial charge in [0.25, 0.3) is 0 Å². The molecule has 156 valence electrons. The summed E-state index contributed by atoms with van der Waals surface area (Å²) in [6.07, 6.45) is 12.6. The topological polar surface area (TPSA) is 52.6 Å². The molecule has 0 aromatic carbocycles. The molecule has 0 amide bonds. The molecule has 4 heteroatoms. The summed E-state index contributed by atoms with van der Waals surface area (Å²) in [5.41, 5.74) is 0.360. The van der Waals surface area contributed by atoms with Crippen molar-refractivity contribution in [3.63, 3.8) is 0 Å². The van der Waals surface area contributed by atoms with Crippen molar-refractivity contribution in [2.45, 2.75) is 85.7 Å². The van der Waals surface area contributed by atoms with Crippen LogP contribution in [0.5, 0.6) is 0 Å². The first-order chi connectivity index (χ1) is 13.0. The Balaban J connectivity index is 1.74. The molecule has 0 heterocycles. The Bertz CT molecular complexity index is 713. The summed E-state index contributed by atoms with van der Waals surface area (Å²) < 4.78 is 11.6. The molecule has 1 spiro atoms. The Morgan fingerprint density at radius 3 is 2.43 bits per heavy atom. The highest BCUT2D eigenvalue weighted by Crippen LogP contribution is 2.72. The highest BCUT2D eigenvalue weighted by atomic mass is 16.5. The lowest BCUT2D eigenvalue weighted by molar-refractivity contribution is -0.214. The molecule has 4 rings (SSSR count). The van der Waals surface area contributed by atoms with E-state index < -0.39 is 0 Å². The first kappa shape index (κ1) is 20.0. The van der Waals surface area contributed by atoms with E-state index in [1.54, 1.807) is 6.92 Å². The standard InChI is InChI=1S/C24H36O4/c1-16(25)27-15-22(4)8-6-9-23(5)18-7-10-21(3)11-12-24(18,14-21)20(13-19(22)23)28-17(2)26/h11-12,18-20H,6-10,13-15H2,1-5H3. The van der Waals surface area contributed by atoms with E-state index in [2.05, 4.69) is 32.9 Å². The van der Waals surface area contributed by atoms with Crippen LogP contribution in [0.25, 0.3) is 0 Å². The van der Waals surface area contributed by atoms with E-state index in [1.165, 1.54) is 32.6 Å². The van der Waals surface area contributed by atoms with Gasteiger partial charge in [-0.1, -0.05) is 39.3 Å². The second kappa shape index (κ2) is 6.34. The lowest BCUT2D eigenvalue weighted by atomic mass is 9.39. The molecule has 0 aliphatic heterocycles. The lowest BCUT2D eigenvalue weighted by Gasteiger charge is -2.66. The number of carbonyl (C=O) groups excluding carboxylic acids is 2. The first-order valence-electron chi connectivity index (χ1n) is 11.0. The van der Waals surface area contributed by atoms with E-state index in [1.807, 2.05) is 0 Å².